The molecule has 1 aromatic heterocycles. The Hall–Kier alpha value is -2.89. The molecule has 134 valence electrons. The van der Waals surface area contributed by atoms with E-state index in [4.69, 9.17) is 11.6 Å². The van der Waals surface area contributed by atoms with Crippen LogP contribution in [0.4, 0.5) is 5.69 Å². The van der Waals surface area contributed by atoms with Crippen molar-refractivity contribution < 1.29 is 14.7 Å². The molecule has 1 unspecified atom stereocenters. The lowest BCUT2D eigenvalue weighted by Crippen LogP contribution is -2.30. The van der Waals surface area contributed by atoms with E-state index in [1.807, 2.05) is 30.3 Å². The Bertz CT molecular complexity index is 1030. The largest absolute Gasteiger partial charge is 0.503 e. The first-order valence-electron chi connectivity index (χ1n) is 8.23. The van der Waals surface area contributed by atoms with Gasteiger partial charge in [-0.1, -0.05) is 48.0 Å². The van der Waals surface area contributed by atoms with Crippen molar-refractivity contribution in [1.82, 2.24) is 0 Å². The number of aliphatic hydroxyl groups is 1. The van der Waals surface area contributed by atoms with Crippen LogP contribution < -0.4 is 4.90 Å². The fourth-order valence-corrected chi connectivity index (χ4v) is 4.00. The molecular formula is C21H14ClNO3S. The van der Waals surface area contributed by atoms with Gasteiger partial charge in [-0.2, -0.15) is 0 Å². The molecule has 27 heavy (non-hydrogen) atoms. The number of nitrogens with zero attached hydrogens (tertiary/aromatic N) is 1. The molecular weight excluding hydrogens is 382 g/mol. The molecule has 3 aromatic rings. The molecule has 6 heteroatoms. The molecule has 1 aliphatic heterocycles. The SMILES string of the molecule is O=C(C1=C(O)C(=O)N(c2ccc(Cl)cc2)C1c1ccccc1)c1cccs1. The molecule has 0 saturated carbocycles. The predicted molar refractivity (Wildman–Crippen MR) is 106 cm³/mol. The molecule has 0 bridgehead atoms. The fraction of sp³-hybridized carbons (Fsp3) is 0.0476. The number of thiophene rings is 1. The molecule has 0 saturated heterocycles. The number of anilines is 1. The number of hydrogen-bond acceptors (Lipinski definition) is 4. The summed E-state index contributed by atoms with van der Waals surface area (Å²) >= 11 is 7.24. The molecule has 2 aromatic carbocycles. The minimum Gasteiger partial charge on any atom is -0.503 e. The van der Waals surface area contributed by atoms with E-state index >= 15 is 0 Å². The number of aliphatic hydroxyl groups excluding tert-OH is 1. The van der Waals surface area contributed by atoms with E-state index < -0.39 is 17.7 Å². The van der Waals surface area contributed by atoms with Gasteiger partial charge in [-0.05, 0) is 41.3 Å². The van der Waals surface area contributed by atoms with Crippen LogP contribution in [0.25, 0.3) is 0 Å². The molecule has 1 atom stereocenters. The molecule has 1 N–H and O–H groups in total. The van der Waals surface area contributed by atoms with E-state index in [2.05, 4.69) is 0 Å². The number of benzene rings is 2. The first kappa shape index (κ1) is 17.5. The summed E-state index contributed by atoms with van der Waals surface area (Å²) in [7, 11) is 0. The Labute approximate surface area is 164 Å². The van der Waals surface area contributed by atoms with E-state index in [0.29, 0.717) is 15.6 Å². The number of amides is 1. The van der Waals surface area contributed by atoms with Crippen molar-refractivity contribution in [3.8, 4) is 0 Å². The van der Waals surface area contributed by atoms with Gasteiger partial charge in [-0.25, -0.2) is 0 Å². The van der Waals surface area contributed by atoms with Crippen molar-refractivity contribution in [1.29, 1.82) is 0 Å². The van der Waals surface area contributed by atoms with Gasteiger partial charge in [0, 0.05) is 10.7 Å². The van der Waals surface area contributed by atoms with Crippen LogP contribution >= 0.6 is 22.9 Å². The smallest absolute Gasteiger partial charge is 0.294 e. The van der Waals surface area contributed by atoms with Gasteiger partial charge in [0.2, 0.25) is 5.78 Å². The summed E-state index contributed by atoms with van der Waals surface area (Å²) in [5.41, 5.74) is 1.38. The molecule has 4 nitrogen and oxygen atoms in total. The second-order valence-electron chi connectivity index (χ2n) is 6.03. The number of carbonyl (C=O) groups excluding carboxylic acids is 2. The summed E-state index contributed by atoms with van der Waals surface area (Å²) in [5, 5.41) is 12.9. The number of hydrogen-bond donors (Lipinski definition) is 1. The summed E-state index contributed by atoms with van der Waals surface area (Å²) in [4.78, 5) is 27.9. The van der Waals surface area contributed by atoms with E-state index in [9.17, 15) is 14.7 Å². The molecule has 1 aliphatic rings. The van der Waals surface area contributed by atoms with E-state index in [-0.39, 0.29) is 11.4 Å². The average molecular weight is 396 g/mol. The Balaban J connectivity index is 1.87. The van der Waals surface area contributed by atoms with Crippen molar-refractivity contribution in [2.24, 2.45) is 0 Å². The van der Waals surface area contributed by atoms with Crippen LogP contribution in [0.3, 0.4) is 0 Å². The van der Waals surface area contributed by atoms with Crippen LogP contribution in [0.1, 0.15) is 21.3 Å². The molecule has 2 heterocycles. The van der Waals surface area contributed by atoms with E-state index in [1.54, 1.807) is 41.8 Å². The fourth-order valence-electron chi connectivity index (χ4n) is 3.20. The monoisotopic (exact) mass is 395 g/mol. The summed E-state index contributed by atoms with van der Waals surface area (Å²) < 4.78 is 0. The molecule has 0 spiro atoms. The zero-order valence-electron chi connectivity index (χ0n) is 14.0. The van der Waals surface area contributed by atoms with Crippen molar-refractivity contribution >= 4 is 40.3 Å². The molecule has 0 fully saturated rings. The quantitative estimate of drug-likeness (QED) is 0.619. The van der Waals surface area contributed by atoms with Gasteiger partial charge < -0.3 is 5.11 Å². The third kappa shape index (κ3) is 3.05. The Kier molecular flexibility index (Phi) is 4.56. The number of rotatable bonds is 4. The van der Waals surface area contributed by atoms with Crippen LogP contribution in [-0.2, 0) is 4.79 Å². The molecule has 0 aliphatic carbocycles. The number of carbonyl (C=O) groups is 2. The van der Waals surface area contributed by atoms with Crippen molar-refractivity contribution in [3.05, 3.63) is 98.9 Å². The zero-order valence-corrected chi connectivity index (χ0v) is 15.6. The Morgan fingerprint density at radius 2 is 1.70 bits per heavy atom. The second-order valence-corrected chi connectivity index (χ2v) is 7.42. The van der Waals surface area contributed by atoms with Gasteiger partial charge in [0.05, 0.1) is 16.5 Å². The average Bonchev–Trinajstić information content (AvgIpc) is 3.31. The minimum absolute atomic E-state index is 0.0867. The normalized spacial score (nSPS) is 16.9. The van der Waals surface area contributed by atoms with Crippen molar-refractivity contribution in [2.45, 2.75) is 6.04 Å². The summed E-state index contributed by atoms with van der Waals surface area (Å²) in [6.45, 7) is 0. The van der Waals surface area contributed by atoms with Crippen LogP contribution in [0.5, 0.6) is 0 Å². The van der Waals surface area contributed by atoms with Gasteiger partial charge in [0.25, 0.3) is 5.91 Å². The minimum atomic E-state index is -0.713. The van der Waals surface area contributed by atoms with Crippen molar-refractivity contribution in [3.63, 3.8) is 0 Å². The summed E-state index contributed by atoms with van der Waals surface area (Å²) in [6.07, 6.45) is 0. The van der Waals surface area contributed by atoms with Crippen LogP contribution in [0.15, 0.2) is 83.4 Å². The summed E-state index contributed by atoms with van der Waals surface area (Å²) in [6, 6.07) is 18.7. The van der Waals surface area contributed by atoms with E-state index in [1.165, 1.54) is 16.2 Å². The predicted octanol–water partition coefficient (Wildman–Crippen LogP) is 5.18. The number of Topliss-reactive ketones (excluding diaryl/α,β-unsaturated/α-hetero) is 1. The third-order valence-electron chi connectivity index (χ3n) is 4.42. The Morgan fingerprint density at radius 3 is 2.33 bits per heavy atom. The number of halogens is 1. The van der Waals surface area contributed by atoms with E-state index in [0.717, 1.165) is 5.56 Å². The summed E-state index contributed by atoms with van der Waals surface area (Å²) in [5.74, 6) is -1.47. The first-order chi connectivity index (χ1) is 13.1. The highest BCUT2D eigenvalue weighted by atomic mass is 35.5. The van der Waals surface area contributed by atoms with Crippen LogP contribution in [0.2, 0.25) is 5.02 Å². The van der Waals surface area contributed by atoms with Gasteiger partial charge in [-0.3, -0.25) is 14.5 Å². The lowest BCUT2D eigenvalue weighted by Gasteiger charge is -2.26. The lowest BCUT2D eigenvalue weighted by atomic mass is 9.95. The van der Waals surface area contributed by atoms with Gasteiger partial charge in [-0.15, -0.1) is 11.3 Å². The van der Waals surface area contributed by atoms with Crippen LogP contribution in [0, 0.1) is 0 Å². The maximum absolute atomic E-state index is 13.1. The highest BCUT2D eigenvalue weighted by Gasteiger charge is 2.44. The van der Waals surface area contributed by atoms with Gasteiger partial charge in [0.15, 0.2) is 5.76 Å². The zero-order chi connectivity index (χ0) is 19.0. The maximum Gasteiger partial charge on any atom is 0.294 e. The topological polar surface area (TPSA) is 57.6 Å². The van der Waals surface area contributed by atoms with Gasteiger partial charge >= 0.3 is 0 Å². The maximum atomic E-state index is 13.1. The third-order valence-corrected chi connectivity index (χ3v) is 5.54. The number of ketones is 1. The van der Waals surface area contributed by atoms with Crippen molar-refractivity contribution in [2.75, 3.05) is 4.90 Å². The lowest BCUT2D eigenvalue weighted by molar-refractivity contribution is -0.117. The molecule has 1 amide bonds. The standard InChI is InChI=1S/C21H14ClNO3S/c22-14-8-10-15(11-9-14)23-18(13-5-2-1-3-6-13)17(20(25)21(23)26)19(24)16-7-4-12-27-16/h1-12,18,25H. The first-order valence-corrected chi connectivity index (χ1v) is 9.49. The van der Waals surface area contributed by atoms with Crippen LogP contribution in [-0.4, -0.2) is 16.8 Å². The molecule has 4 rings (SSSR count). The van der Waals surface area contributed by atoms with Gasteiger partial charge in [0.1, 0.15) is 0 Å². The second kappa shape index (κ2) is 7.02. The Morgan fingerprint density at radius 1 is 1.00 bits per heavy atom. The highest BCUT2D eigenvalue weighted by molar-refractivity contribution is 7.12. The molecule has 0 radical (unpaired) electrons. The highest BCUT2D eigenvalue weighted by Crippen LogP contribution is 2.42.